The lowest BCUT2D eigenvalue weighted by atomic mass is 9.88. The van der Waals surface area contributed by atoms with E-state index in [9.17, 15) is 9.59 Å². The van der Waals surface area contributed by atoms with Gasteiger partial charge in [0.2, 0.25) is 0 Å². The van der Waals surface area contributed by atoms with E-state index < -0.39 is 0 Å². The number of unbranched alkanes of at least 4 members (excludes halogenated alkanes) is 1. The Bertz CT molecular complexity index is 961. The number of ether oxygens (including phenoxy) is 4. The zero-order chi connectivity index (χ0) is 28.2. The summed E-state index contributed by atoms with van der Waals surface area (Å²) >= 11 is 0. The Morgan fingerprint density at radius 2 is 1.00 bits per heavy atom. The summed E-state index contributed by atoms with van der Waals surface area (Å²) in [6.07, 6.45) is 3.48. The van der Waals surface area contributed by atoms with E-state index >= 15 is 0 Å². The third kappa shape index (κ3) is 8.86. The Morgan fingerprint density at radius 1 is 0.650 bits per heavy atom. The molecule has 0 amide bonds. The Morgan fingerprint density at radius 3 is 1.32 bits per heavy atom. The summed E-state index contributed by atoms with van der Waals surface area (Å²) < 4.78 is 21.6. The Hall–Kier alpha value is -2.78. The molecule has 2 heterocycles. The normalized spacial score (nSPS) is 18.1. The van der Waals surface area contributed by atoms with E-state index in [1.54, 1.807) is 14.2 Å². The molecular formula is C32H46N2O6+2. The molecule has 40 heavy (non-hydrogen) atoms. The maximum Gasteiger partial charge on any atom is 0.171 e. The van der Waals surface area contributed by atoms with Gasteiger partial charge in [-0.2, -0.15) is 0 Å². The van der Waals surface area contributed by atoms with Crippen molar-refractivity contribution in [2.75, 3.05) is 79.9 Å². The molecule has 0 aliphatic carbocycles. The molecule has 4 rings (SSSR count). The van der Waals surface area contributed by atoms with Gasteiger partial charge in [-0.25, -0.2) is 0 Å². The van der Waals surface area contributed by atoms with Crippen LogP contribution in [0.25, 0.3) is 0 Å². The van der Waals surface area contributed by atoms with Crippen LogP contribution >= 0.6 is 0 Å². The Kier molecular flexibility index (Phi) is 12.0. The van der Waals surface area contributed by atoms with E-state index in [-0.39, 0.29) is 23.4 Å². The van der Waals surface area contributed by atoms with Gasteiger partial charge in [-0.1, -0.05) is 12.8 Å². The third-order valence-corrected chi connectivity index (χ3v) is 8.32. The van der Waals surface area contributed by atoms with Gasteiger partial charge in [0.1, 0.15) is 37.7 Å². The number of rotatable bonds is 15. The Labute approximate surface area is 238 Å². The van der Waals surface area contributed by atoms with E-state index in [0.29, 0.717) is 0 Å². The summed E-state index contributed by atoms with van der Waals surface area (Å²) in [7, 11) is 3.27. The highest BCUT2D eigenvalue weighted by Crippen LogP contribution is 2.22. The second-order valence-electron chi connectivity index (χ2n) is 11.0. The highest BCUT2D eigenvalue weighted by atomic mass is 16.5. The maximum atomic E-state index is 13.6. The average molecular weight is 555 g/mol. The van der Waals surface area contributed by atoms with Gasteiger partial charge in [0.25, 0.3) is 0 Å². The molecule has 2 fully saturated rings. The largest absolute Gasteiger partial charge is 0.497 e. The number of carbonyl (C=O) groups is 2. The van der Waals surface area contributed by atoms with Crippen LogP contribution < -0.4 is 19.3 Å². The van der Waals surface area contributed by atoms with E-state index in [4.69, 9.17) is 18.9 Å². The number of Topliss-reactive ketones (excluding diaryl/α,β-unsaturated/α-hetero) is 2. The number of benzene rings is 2. The summed E-state index contributed by atoms with van der Waals surface area (Å²) in [6, 6.07) is 14.9. The first-order chi connectivity index (χ1) is 19.6. The lowest BCUT2D eigenvalue weighted by Crippen LogP contribution is -3.14. The summed E-state index contributed by atoms with van der Waals surface area (Å²) in [5.41, 5.74) is 1.48. The van der Waals surface area contributed by atoms with Crippen LogP contribution in [0, 0.1) is 11.8 Å². The fraction of sp³-hybridized carbons (Fsp3) is 0.562. The number of carbonyl (C=O) groups excluding carboxylic acids is 2. The van der Waals surface area contributed by atoms with Gasteiger partial charge in [-0.15, -0.1) is 0 Å². The number of ketones is 2. The zero-order valence-corrected chi connectivity index (χ0v) is 24.1. The van der Waals surface area contributed by atoms with Crippen LogP contribution in [0.15, 0.2) is 48.5 Å². The molecule has 2 atom stereocenters. The molecule has 8 nitrogen and oxygen atoms in total. The van der Waals surface area contributed by atoms with Gasteiger partial charge in [0, 0.05) is 11.1 Å². The smallest absolute Gasteiger partial charge is 0.171 e. The number of hydrogen-bond acceptors (Lipinski definition) is 6. The second kappa shape index (κ2) is 15.9. The number of hydrogen-bond donors (Lipinski definition) is 2. The number of morpholine rings is 2. The fourth-order valence-corrected chi connectivity index (χ4v) is 5.84. The summed E-state index contributed by atoms with van der Waals surface area (Å²) in [6.45, 7) is 8.38. The Balaban J connectivity index is 1.39. The van der Waals surface area contributed by atoms with E-state index in [2.05, 4.69) is 0 Å². The predicted octanol–water partition coefficient (Wildman–Crippen LogP) is 1.39. The molecule has 218 valence electrons. The summed E-state index contributed by atoms with van der Waals surface area (Å²) in [5.74, 6) is 1.79. The maximum absolute atomic E-state index is 13.6. The van der Waals surface area contributed by atoms with Crippen molar-refractivity contribution >= 4 is 11.6 Å². The molecule has 2 aromatic carbocycles. The van der Waals surface area contributed by atoms with Crippen molar-refractivity contribution in [3.8, 4) is 11.5 Å². The lowest BCUT2D eigenvalue weighted by molar-refractivity contribution is -0.910. The standard InChI is InChI=1S/C32H44N2O6/c1-37-29-11-7-25(8-12-29)31(35)27(23-33-15-19-39-20-16-33)5-3-4-6-28(24-34-17-21-40-22-18-34)32(36)26-9-13-30(38-2)14-10-26/h7-14,27-28H,3-6,15-24H2,1-2H3/p+2. The van der Waals surface area contributed by atoms with Crippen LogP contribution in [0.4, 0.5) is 0 Å². The molecule has 8 heteroatoms. The molecule has 2 saturated heterocycles. The number of methoxy groups -OCH3 is 2. The van der Waals surface area contributed by atoms with Crippen molar-refractivity contribution in [3.05, 3.63) is 59.7 Å². The van der Waals surface area contributed by atoms with Gasteiger partial charge < -0.3 is 28.7 Å². The molecule has 0 bridgehead atoms. The molecule has 0 saturated carbocycles. The quantitative estimate of drug-likeness (QED) is 0.256. The topological polar surface area (TPSA) is 79.9 Å². The van der Waals surface area contributed by atoms with Crippen LogP contribution in [-0.4, -0.2) is 91.5 Å². The van der Waals surface area contributed by atoms with Crippen LogP contribution in [0.1, 0.15) is 46.4 Å². The highest BCUT2D eigenvalue weighted by Gasteiger charge is 2.29. The zero-order valence-electron chi connectivity index (χ0n) is 24.1. The molecule has 2 aromatic rings. The monoisotopic (exact) mass is 554 g/mol. The van der Waals surface area contributed by atoms with Crippen molar-refractivity contribution in [2.24, 2.45) is 11.8 Å². The minimum Gasteiger partial charge on any atom is -0.497 e. The first kappa shape index (κ1) is 30.2. The minimum absolute atomic E-state index is 0.0536. The van der Waals surface area contributed by atoms with Gasteiger partial charge >= 0.3 is 0 Å². The molecular weight excluding hydrogens is 508 g/mol. The van der Waals surface area contributed by atoms with E-state index in [1.165, 1.54) is 9.80 Å². The highest BCUT2D eigenvalue weighted by molar-refractivity contribution is 5.98. The van der Waals surface area contributed by atoms with Crippen LogP contribution in [-0.2, 0) is 9.47 Å². The van der Waals surface area contributed by atoms with Crippen molar-refractivity contribution < 1.29 is 38.3 Å². The molecule has 2 N–H and O–H groups in total. The number of nitrogens with one attached hydrogen (secondary N) is 2. The van der Waals surface area contributed by atoms with E-state index in [1.807, 2.05) is 48.5 Å². The predicted molar refractivity (Wildman–Crippen MR) is 153 cm³/mol. The fourth-order valence-electron chi connectivity index (χ4n) is 5.84. The summed E-state index contributed by atoms with van der Waals surface area (Å²) in [4.78, 5) is 30.0. The molecule has 2 aliphatic heterocycles. The van der Waals surface area contributed by atoms with Crippen LogP contribution in [0.2, 0.25) is 0 Å². The SMILES string of the molecule is COc1ccc(C(=O)C(CCCCC(C[NH+]2CCOCC2)C(=O)c2ccc(OC)cc2)C[NH+]2CCOCC2)cc1. The molecule has 0 radical (unpaired) electrons. The molecule has 2 unspecified atom stereocenters. The first-order valence-corrected chi connectivity index (χ1v) is 14.8. The molecule has 0 spiro atoms. The van der Waals surface area contributed by atoms with Crippen molar-refractivity contribution in [3.63, 3.8) is 0 Å². The molecule has 2 aliphatic rings. The summed E-state index contributed by atoms with van der Waals surface area (Å²) in [5, 5.41) is 0. The third-order valence-electron chi connectivity index (χ3n) is 8.32. The average Bonchev–Trinajstić information content (AvgIpc) is 3.02. The second-order valence-corrected chi connectivity index (χ2v) is 11.0. The minimum atomic E-state index is -0.0536. The molecule has 0 aromatic heterocycles. The van der Waals surface area contributed by atoms with Gasteiger partial charge in [0.15, 0.2) is 11.6 Å². The lowest BCUT2D eigenvalue weighted by Gasteiger charge is -2.28. The van der Waals surface area contributed by atoms with Gasteiger partial charge in [-0.3, -0.25) is 9.59 Å². The van der Waals surface area contributed by atoms with Gasteiger partial charge in [-0.05, 0) is 61.4 Å². The van der Waals surface area contributed by atoms with Crippen LogP contribution in [0.3, 0.4) is 0 Å². The van der Waals surface area contributed by atoms with Gasteiger partial charge in [0.05, 0.1) is 65.6 Å². The van der Waals surface area contributed by atoms with Crippen molar-refractivity contribution in [2.45, 2.75) is 25.7 Å². The number of quaternary nitrogens is 2. The van der Waals surface area contributed by atoms with Crippen molar-refractivity contribution in [1.29, 1.82) is 0 Å². The van der Waals surface area contributed by atoms with Crippen LogP contribution in [0.5, 0.6) is 11.5 Å². The van der Waals surface area contributed by atoms with E-state index in [0.717, 1.165) is 114 Å². The van der Waals surface area contributed by atoms with Crippen molar-refractivity contribution in [1.82, 2.24) is 0 Å². The first-order valence-electron chi connectivity index (χ1n) is 14.8.